The highest BCUT2D eigenvalue weighted by atomic mass is 32.2. The smallest absolute Gasteiger partial charge is 0.226 e. The molecule has 1 N–H and O–H groups in total. The number of hydrogen-bond donors (Lipinski definition) is 1. The lowest BCUT2D eigenvalue weighted by Crippen LogP contribution is -2.46. The van der Waals surface area contributed by atoms with Gasteiger partial charge in [-0.15, -0.1) is 0 Å². The minimum absolute atomic E-state index is 0.151. The van der Waals surface area contributed by atoms with Gasteiger partial charge in [-0.05, 0) is 30.4 Å². The molecule has 0 aromatic carbocycles. The summed E-state index contributed by atoms with van der Waals surface area (Å²) in [5.74, 6) is 2.93. The molecule has 5 heteroatoms. The van der Waals surface area contributed by atoms with Crippen LogP contribution < -0.4 is 5.32 Å². The van der Waals surface area contributed by atoms with Gasteiger partial charge in [0.2, 0.25) is 11.8 Å². The van der Waals surface area contributed by atoms with Crippen LogP contribution in [0.4, 0.5) is 0 Å². The minimum Gasteiger partial charge on any atom is -0.356 e. The van der Waals surface area contributed by atoms with Gasteiger partial charge in [-0.25, -0.2) is 0 Å². The zero-order chi connectivity index (χ0) is 12.6. The van der Waals surface area contributed by atoms with Gasteiger partial charge in [0.1, 0.15) is 0 Å². The highest BCUT2D eigenvalue weighted by Gasteiger charge is 2.42. The van der Waals surface area contributed by atoms with E-state index >= 15 is 0 Å². The van der Waals surface area contributed by atoms with E-state index in [1.54, 1.807) is 0 Å². The molecule has 0 saturated carbocycles. The van der Waals surface area contributed by atoms with Crippen molar-refractivity contribution in [3.05, 3.63) is 0 Å². The number of hydrogen-bond acceptors (Lipinski definition) is 3. The summed E-state index contributed by atoms with van der Waals surface area (Å²) in [7, 11) is 0. The molecular weight excluding hydrogens is 248 g/mol. The van der Waals surface area contributed by atoms with E-state index in [1.807, 2.05) is 16.7 Å². The largest absolute Gasteiger partial charge is 0.356 e. The molecule has 1 atom stereocenters. The molecule has 0 bridgehead atoms. The van der Waals surface area contributed by atoms with E-state index in [0.29, 0.717) is 12.3 Å². The number of likely N-dealkylation sites (tertiary alicyclic amines) is 1. The number of piperidine rings is 1. The van der Waals surface area contributed by atoms with Gasteiger partial charge in [0.05, 0.1) is 0 Å². The average molecular weight is 268 g/mol. The molecule has 0 aliphatic carbocycles. The molecule has 1 unspecified atom stereocenters. The fraction of sp³-hybridized carbons (Fsp3) is 0.846. The van der Waals surface area contributed by atoms with Gasteiger partial charge in [-0.1, -0.05) is 0 Å². The molecule has 3 aliphatic heterocycles. The van der Waals surface area contributed by atoms with Crippen molar-refractivity contribution in [2.45, 2.75) is 25.7 Å². The average Bonchev–Trinajstić information content (AvgIpc) is 3.00. The van der Waals surface area contributed by atoms with E-state index in [0.717, 1.165) is 50.4 Å². The second-order valence-electron chi connectivity index (χ2n) is 5.84. The second kappa shape index (κ2) is 4.76. The summed E-state index contributed by atoms with van der Waals surface area (Å²) in [5.41, 5.74) is 0.151. The zero-order valence-electron chi connectivity index (χ0n) is 10.6. The van der Waals surface area contributed by atoms with E-state index in [2.05, 4.69) is 5.32 Å². The first kappa shape index (κ1) is 12.3. The molecule has 0 aromatic heterocycles. The summed E-state index contributed by atoms with van der Waals surface area (Å²) in [6.45, 7) is 2.50. The number of nitrogens with zero attached hydrogens (tertiary/aromatic N) is 1. The van der Waals surface area contributed by atoms with Crippen molar-refractivity contribution >= 4 is 23.6 Å². The lowest BCUT2D eigenvalue weighted by molar-refractivity contribution is -0.136. The maximum Gasteiger partial charge on any atom is 0.226 e. The number of carbonyl (C=O) groups is 2. The Labute approximate surface area is 112 Å². The van der Waals surface area contributed by atoms with Gasteiger partial charge in [0.15, 0.2) is 0 Å². The Kier molecular flexibility index (Phi) is 3.26. The molecular formula is C13H20N2O2S. The Balaban J connectivity index is 1.56. The molecule has 3 saturated heterocycles. The summed E-state index contributed by atoms with van der Waals surface area (Å²) >= 11 is 1.89. The molecule has 100 valence electrons. The fourth-order valence-corrected chi connectivity index (χ4v) is 4.51. The van der Waals surface area contributed by atoms with Crippen molar-refractivity contribution in [2.75, 3.05) is 31.1 Å². The van der Waals surface area contributed by atoms with E-state index in [-0.39, 0.29) is 17.2 Å². The molecule has 18 heavy (non-hydrogen) atoms. The van der Waals surface area contributed by atoms with Gasteiger partial charge in [-0.3, -0.25) is 9.59 Å². The first-order chi connectivity index (χ1) is 8.69. The first-order valence-electron chi connectivity index (χ1n) is 6.82. The monoisotopic (exact) mass is 268 g/mol. The Bertz CT molecular complexity index is 358. The Morgan fingerprint density at radius 3 is 2.72 bits per heavy atom. The predicted octanol–water partition coefficient (Wildman–Crippen LogP) is 0.868. The second-order valence-corrected chi connectivity index (χ2v) is 6.99. The summed E-state index contributed by atoms with van der Waals surface area (Å²) in [6.07, 6.45) is 3.67. The number of thioether (sulfide) groups is 1. The molecule has 0 aromatic rings. The lowest BCUT2D eigenvalue weighted by Gasteiger charge is -2.39. The van der Waals surface area contributed by atoms with Gasteiger partial charge < -0.3 is 10.2 Å². The predicted molar refractivity (Wildman–Crippen MR) is 71.3 cm³/mol. The van der Waals surface area contributed by atoms with Crippen LogP contribution >= 0.6 is 11.8 Å². The summed E-state index contributed by atoms with van der Waals surface area (Å²) in [6, 6.07) is 0. The normalized spacial score (nSPS) is 30.8. The number of amides is 2. The topological polar surface area (TPSA) is 49.4 Å². The first-order valence-corrected chi connectivity index (χ1v) is 7.97. The zero-order valence-corrected chi connectivity index (χ0v) is 11.4. The SMILES string of the molecule is O=C1CC2(CCN(C(=O)C3CCSC3)CC2)CN1. The third-order valence-corrected chi connectivity index (χ3v) is 5.77. The maximum absolute atomic E-state index is 12.3. The van der Waals surface area contributed by atoms with Gasteiger partial charge in [0, 0.05) is 37.7 Å². The van der Waals surface area contributed by atoms with Crippen LogP contribution in [0.25, 0.3) is 0 Å². The van der Waals surface area contributed by atoms with Crippen LogP contribution in [0.2, 0.25) is 0 Å². The lowest BCUT2D eigenvalue weighted by atomic mass is 9.77. The number of nitrogens with one attached hydrogen (secondary N) is 1. The van der Waals surface area contributed by atoms with Crippen molar-refractivity contribution in [1.29, 1.82) is 0 Å². The van der Waals surface area contributed by atoms with E-state index in [4.69, 9.17) is 0 Å². The van der Waals surface area contributed by atoms with E-state index in [1.165, 1.54) is 0 Å². The molecule has 3 aliphatic rings. The highest BCUT2D eigenvalue weighted by molar-refractivity contribution is 7.99. The minimum atomic E-state index is 0.151. The van der Waals surface area contributed by atoms with Crippen molar-refractivity contribution in [1.82, 2.24) is 10.2 Å². The van der Waals surface area contributed by atoms with Crippen molar-refractivity contribution < 1.29 is 9.59 Å². The third-order valence-electron chi connectivity index (χ3n) is 4.61. The summed E-state index contributed by atoms with van der Waals surface area (Å²) in [4.78, 5) is 25.7. The molecule has 2 amide bonds. The Morgan fingerprint density at radius 1 is 1.39 bits per heavy atom. The summed E-state index contributed by atoms with van der Waals surface area (Å²) in [5, 5.41) is 2.93. The molecule has 3 rings (SSSR count). The van der Waals surface area contributed by atoms with Gasteiger partial charge >= 0.3 is 0 Å². The van der Waals surface area contributed by atoms with Crippen molar-refractivity contribution in [3.8, 4) is 0 Å². The molecule has 1 spiro atoms. The third kappa shape index (κ3) is 2.25. The molecule has 0 radical (unpaired) electrons. The van der Waals surface area contributed by atoms with Crippen LogP contribution in [0.1, 0.15) is 25.7 Å². The molecule has 3 heterocycles. The maximum atomic E-state index is 12.3. The fourth-order valence-electron chi connectivity index (χ4n) is 3.29. The van der Waals surface area contributed by atoms with E-state index in [9.17, 15) is 9.59 Å². The van der Waals surface area contributed by atoms with Crippen LogP contribution in [0, 0.1) is 11.3 Å². The summed E-state index contributed by atoms with van der Waals surface area (Å²) < 4.78 is 0. The van der Waals surface area contributed by atoms with Crippen LogP contribution in [0.3, 0.4) is 0 Å². The van der Waals surface area contributed by atoms with Gasteiger partial charge in [-0.2, -0.15) is 11.8 Å². The molecule has 4 nitrogen and oxygen atoms in total. The highest BCUT2D eigenvalue weighted by Crippen LogP contribution is 2.38. The van der Waals surface area contributed by atoms with Crippen LogP contribution in [-0.2, 0) is 9.59 Å². The van der Waals surface area contributed by atoms with Crippen molar-refractivity contribution in [3.63, 3.8) is 0 Å². The molecule has 3 fully saturated rings. The quantitative estimate of drug-likeness (QED) is 0.767. The van der Waals surface area contributed by atoms with Crippen LogP contribution in [-0.4, -0.2) is 47.9 Å². The van der Waals surface area contributed by atoms with Crippen LogP contribution in [0.5, 0.6) is 0 Å². The van der Waals surface area contributed by atoms with E-state index < -0.39 is 0 Å². The van der Waals surface area contributed by atoms with Crippen LogP contribution in [0.15, 0.2) is 0 Å². The number of carbonyl (C=O) groups excluding carboxylic acids is 2. The number of rotatable bonds is 1. The van der Waals surface area contributed by atoms with Gasteiger partial charge in [0.25, 0.3) is 0 Å². The van der Waals surface area contributed by atoms with Crippen molar-refractivity contribution in [2.24, 2.45) is 11.3 Å². The standard InChI is InChI=1S/C13H20N2O2S/c16-11-7-13(9-14-11)2-4-15(5-3-13)12(17)10-1-6-18-8-10/h10H,1-9H2,(H,14,16). The Hall–Kier alpha value is -0.710. The Morgan fingerprint density at radius 2 is 2.17 bits per heavy atom.